The maximum atomic E-state index is 12.4. The molecule has 0 aliphatic carbocycles. The summed E-state index contributed by atoms with van der Waals surface area (Å²) in [6.45, 7) is 5.56. The molecule has 3 nitrogen and oxygen atoms in total. The summed E-state index contributed by atoms with van der Waals surface area (Å²) in [5, 5.41) is 0. The topological polar surface area (TPSA) is 46.2 Å². The summed E-state index contributed by atoms with van der Waals surface area (Å²) in [6.07, 6.45) is 0. The van der Waals surface area contributed by atoms with Gasteiger partial charge in [-0.3, -0.25) is 0 Å². The van der Waals surface area contributed by atoms with Gasteiger partial charge in [0.2, 0.25) is 0 Å². The van der Waals surface area contributed by atoms with Crippen LogP contribution in [0, 0.1) is 0 Å². The van der Waals surface area contributed by atoms with Crippen molar-refractivity contribution in [2.75, 3.05) is 0 Å². The normalized spacial score (nSPS) is 13.7. The first-order chi connectivity index (χ1) is 7.93. The van der Waals surface area contributed by atoms with E-state index < -0.39 is 33.9 Å². The SMILES string of the molecule is CC(C)(C)NS(=O)(=O)c1cccc[c]1[Sn]([CH3])([CH3])[CH3]. The van der Waals surface area contributed by atoms with Gasteiger partial charge in [0.25, 0.3) is 0 Å². The van der Waals surface area contributed by atoms with E-state index in [-0.39, 0.29) is 0 Å². The zero-order valence-corrected chi connectivity index (χ0v) is 15.7. The molecule has 0 saturated heterocycles. The second-order valence-electron chi connectivity index (χ2n) is 6.60. The van der Waals surface area contributed by atoms with Crippen molar-refractivity contribution in [3.05, 3.63) is 24.3 Å². The molecular weight excluding hydrogens is 353 g/mol. The Labute approximate surface area is 115 Å². The Hall–Kier alpha value is -0.0713. The second-order valence-corrected chi connectivity index (χ2v) is 22.6. The molecule has 1 aromatic rings. The average Bonchev–Trinajstić information content (AvgIpc) is 2.12. The molecule has 0 aliphatic rings. The summed E-state index contributed by atoms with van der Waals surface area (Å²) in [7, 11) is -3.43. The monoisotopic (exact) mass is 377 g/mol. The number of hydrogen-bond acceptors (Lipinski definition) is 2. The van der Waals surface area contributed by atoms with Crippen LogP contribution in [0.5, 0.6) is 0 Å². The van der Waals surface area contributed by atoms with E-state index >= 15 is 0 Å². The van der Waals surface area contributed by atoms with E-state index in [1.165, 1.54) is 0 Å². The van der Waals surface area contributed by atoms with Crippen LogP contribution in [0.3, 0.4) is 0 Å². The van der Waals surface area contributed by atoms with Crippen LogP contribution in [0.4, 0.5) is 0 Å². The van der Waals surface area contributed by atoms with E-state index in [0.29, 0.717) is 4.90 Å². The van der Waals surface area contributed by atoms with Gasteiger partial charge in [-0.2, -0.15) is 0 Å². The Morgan fingerprint density at radius 1 is 1.06 bits per heavy atom. The number of hydrogen-bond donors (Lipinski definition) is 1. The minimum atomic E-state index is -3.43. The minimum absolute atomic E-state index is 0.459. The first kappa shape index (κ1) is 16.0. The predicted molar refractivity (Wildman–Crippen MR) is 79.5 cm³/mol. The molecule has 0 unspecified atom stereocenters. The third-order valence-corrected chi connectivity index (χ3v) is 10.6. The fraction of sp³-hybridized carbons (Fsp3) is 0.538. The average molecular weight is 376 g/mol. The molecule has 0 atom stereocenters. The third kappa shape index (κ3) is 4.24. The van der Waals surface area contributed by atoms with Crippen molar-refractivity contribution < 1.29 is 8.42 Å². The summed E-state index contributed by atoms with van der Waals surface area (Å²) >= 11 is -2.44. The first-order valence-electron chi connectivity index (χ1n) is 6.07. The standard InChI is InChI=1S/C10H14NO2S.3CH3.Sn/c1-10(2,3)11-14(12,13)9-7-5-4-6-8-9;;;;/h4-7,11H,1-3H3;3*1H3;. The van der Waals surface area contributed by atoms with Gasteiger partial charge in [0.1, 0.15) is 0 Å². The van der Waals surface area contributed by atoms with Crippen LogP contribution in [0.25, 0.3) is 0 Å². The van der Waals surface area contributed by atoms with Crippen molar-refractivity contribution in [3.8, 4) is 0 Å². The molecule has 0 saturated carbocycles. The first-order valence-corrected chi connectivity index (χ1v) is 17.5. The molecule has 18 heavy (non-hydrogen) atoms. The predicted octanol–water partition coefficient (Wildman–Crippen LogP) is 2.31. The molecule has 0 fully saturated rings. The molecule has 0 amide bonds. The maximum absolute atomic E-state index is 12.4. The Morgan fingerprint density at radius 2 is 1.56 bits per heavy atom. The van der Waals surface area contributed by atoms with Crippen LogP contribution in [0.1, 0.15) is 20.8 Å². The summed E-state index contributed by atoms with van der Waals surface area (Å²) in [4.78, 5) is 7.13. The second kappa shape index (κ2) is 5.13. The van der Waals surface area contributed by atoms with E-state index in [1.807, 2.05) is 32.9 Å². The number of sulfonamides is 1. The van der Waals surface area contributed by atoms with Crippen molar-refractivity contribution in [1.29, 1.82) is 0 Å². The Bertz CT molecular complexity index is 525. The summed E-state index contributed by atoms with van der Waals surface area (Å²) in [6, 6.07) is 7.39. The number of nitrogens with one attached hydrogen (secondary N) is 1. The summed E-state index contributed by atoms with van der Waals surface area (Å²) in [5.74, 6) is 0. The van der Waals surface area contributed by atoms with Crippen LogP contribution < -0.4 is 8.30 Å². The van der Waals surface area contributed by atoms with Gasteiger partial charge in [0, 0.05) is 0 Å². The zero-order valence-electron chi connectivity index (χ0n) is 12.0. The fourth-order valence-corrected chi connectivity index (χ4v) is 10.6. The molecule has 5 heteroatoms. The van der Waals surface area contributed by atoms with E-state index in [0.717, 1.165) is 3.58 Å². The molecule has 0 radical (unpaired) electrons. The van der Waals surface area contributed by atoms with E-state index in [9.17, 15) is 8.42 Å². The number of rotatable bonds is 3. The van der Waals surface area contributed by atoms with Gasteiger partial charge < -0.3 is 0 Å². The van der Waals surface area contributed by atoms with Gasteiger partial charge in [-0.25, -0.2) is 0 Å². The van der Waals surface area contributed by atoms with Crippen molar-refractivity contribution >= 4 is 32.0 Å². The van der Waals surface area contributed by atoms with Crippen LogP contribution >= 0.6 is 0 Å². The van der Waals surface area contributed by atoms with Crippen molar-refractivity contribution in [1.82, 2.24) is 4.72 Å². The zero-order chi connectivity index (χ0) is 14.2. The Morgan fingerprint density at radius 3 is 2.00 bits per heavy atom. The molecule has 0 aliphatic heterocycles. The van der Waals surface area contributed by atoms with E-state index in [1.54, 1.807) is 12.1 Å². The Balaban J connectivity index is 3.35. The molecule has 0 heterocycles. The number of benzene rings is 1. The third-order valence-electron chi connectivity index (χ3n) is 2.43. The van der Waals surface area contributed by atoms with Gasteiger partial charge in [-0.05, 0) is 0 Å². The van der Waals surface area contributed by atoms with E-state index in [2.05, 4.69) is 19.5 Å². The van der Waals surface area contributed by atoms with Crippen LogP contribution in [-0.2, 0) is 10.0 Å². The fourth-order valence-electron chi connectivity index (χ4n) is 1.78. The van der Waals surface area contributed by atoms with Gasteiger partial charge in [-0.15, -0.1) is 0 Å². The van der Waals surface area contributed by atoms with Gasteiger partial charge >= 0.3 is 115 Å². The van der Waals surface area contributed by atoms with Gasteiger partial charge in [0.05, 0.1) is 0 Å². The van der Waals surface area contributed by atoms with Gasteiger partial charge in [0.15, 0.2) is 0 Å². The molecular formula is C13H23NO2SSn. The van der Waals surface area contributed by atoms with Crippen LogP contribution in [-0.4, -0.2) is 32.3 Å². The molecule has 0 aromatic heterocycles. The quantitative estimate of drug-likeness (QED) is 0.824. The van der Waals surface area contributed by atoms with Crippen molar-refractivity contribution in [2.24, 2.45) is 0 Å². The van der Waals surface area contributed by atoms with Crippen LogP contribution in [0.2, 0.25) is 14.8 Å². The summed E-state index contributed by atoms with van der Waals surface area (Å²) in [5.41, 5.74) is -0.459. The van der Waals surface area contributed by atoms with Gasteiger partial charge in [-0.1, -0.05) is 0 Å². The molecule has 0 spiro atoms. The Kier molecular flexibility index (Phi) is 4.56. The van der Waals surface area contributed by atoms with Crippen molar-refractivity contribution in [3.63, 3.8) is 0 Å². The van der Waals surface area contributed by atoms with E-state index in [4.69, 9.17) is 0 Å². The summed E-state index contributed by atoms with van der Waals surface area (Å²) < 4.78 is 28.7. The molecule has 1 aromatic carbocycles. The van der Waals surface area contributed by atoms with Crippen molar-refractivity contribution in [2.45, 2.75) is 46.0 Å². The molecule has 102 valence electrons. The molecule has 1 N–H and O–H groups in total. The molecule has 1 rings (SSSR count). The van der Waals surface area contributed by atoms with Crippen LogP contribution in [0.15, 0.2) is 29.2 Å². The molecule has 0 bridgehead atoms.